The first-order valence-corrected chi connectivity index (χ1v) is 6.51. The van der Waals surface area contributed by atoms with Gasteiger partial charge >= 0.3 is 0 Å². The van der Waals surface area contributed by atoms with E-state index in [0.29, 0.717) is 12.4 Å². The van der Waals surface area contributed by atoms with Crippen LogP contribution in [0.4, 0.5) is 0 Å². The third-order valence-electron chi connectivity index (χ3n) is 2.42. The Hall–Kier alpha value is -1.33. The second-order valence-electron chi connectivity index (χ2n) is 4.21. The van der Waals surface area contributed by atoms with Gasteiger partial charge in [-0.3, -0.25) is 0 Å². The highest BCUT2D eigenvalue weighted by molar-refractivity contribution is 9.10. The van der Waals surface area contributed by atoms with E-state index in [1.165, 1.54) is 5.56 Å². The Labute approximate surface area is 114 Å². The van der Waals surface area contributed by atoms with E-state index >= 15 is 0 Å². The highest BCUT2D eigenvalue weighted by atomic mass is 79.9. The van der Waals surface area contributed by atoms with Crippen LogP contribution in [0.25, 0.3) is 0 Å². The van der Waals surface area contributed by atoms with E-state index in [1.807, 2.05) is 25.1 Å². The summed E-state index contributed by atoms with van der Waals surface area (Å²) in [6.45, 7) is 2.35. The smallest absolute Gasteiger partial charge is 0.174 e. The molecule has 0 fully saturated rings. The van der Waals surface area contributed by atoms with Gasteiger partial charge in [-0.15, -0.1) is 0 Å². The van der Waals surface area contributed by atoms with Gasteiger partial charge in [0.1, 0.15) is 12.4 Å². The molecule has 0 radical (unpaired) electrons. The molecule has 0 amide bonds. The van der Waals surface area contributed by atoms with E-state index in [2.05, 4.69) is 21.1 Å². The van der Waals surface area contributed by atoms with Crippen LogP contribution in [0, 0.1) is 0 Å². The standard InChI is InChI=1S/C13H15BrN2O2/c1-9(15)6-10-2-3-13(12(14)7-10)17-8-11-4-5-16-18-11/h2-5,7,9H,6,8,15H2,1H3. The summed E-state index contributed by atoms with van der Waals surface area (Å²) >= 11 is 3.49. The Morgan fingerprint density at radius 3 is 2.89 bits per heavy atom. The number of benzene rings is 1. The lowest BCUT2D eigenvalue weighted by atomic mass is 10.1. The molecule has 0 saturated carbocycles. The Balaban J connectivity index is 2.01. The molecule has 4 nitrogen and oxygen atoms in total. The molecule has 0 aliphatic heterocycles. The number of hydrogen-bond acceptors (Lipinski definition) is 4. The topological polar surface area (TPSA) is 61.3 Å². The van der Waals surface area contributed by atoms with Crippen molar-refractivity contribution in [2.75, 3.05) is 0 Å². The molecule has 0 aliphatic rings. The van der Waals surface area contributed by atoms with Crippen molar-refractivity contribution in [3.05, 3.63) is 46.3 Å². The quantitative estimate of drug-likeness (QED) is 0.922. The van der Waals surface area contributed by atoms with Gasteiger partial charge in [-0.1, -0.05) is 11.2 Å². The van der Waals surface area contributed by atoms with Crippen LogP contribution >= 0.6 is 15.9 Å². The van der Waals surface area contributed by atoms with Crippen LogP contribution in [0.5, 0.6) is 5.75 Å². The van der Waals surface area contributed by atoms with Crippen molar-refractivity contribution in [3.63, 3.8) is 0 Å². The van der Waals surface area contributed by atoms with Crippen LogP contribution < -0.4 is 10.5 Å². The van der Waals surface area contributed by atoms with Crippen LogP contribution in [-0.4, -0.2) is 11.2 Å². The zero-order chi connectivity index (χ0) is 13.0. The number of rotatable bonds is 5. The fourth-order valence-corrected chi connectivity index (χ4v) is 2.17. The van der Waals surface area contributed by atoms with Crippen molar-refractivity contribution in [2.24, 2.45) is 5.73 Å². The number of hydrogen-bond donors (Lipinski definition) is 1. The third kappa shape index (κ3) is 3.58. The summed E-state index contributed by atoms with van der Waals surface area (Å²) in [6.07, 6.45) is 2.44. The van der Waals surface area contributed by atoms with E-state index in [1.54, 1.807) is 12.3 Å². The lowest BCUT2D eigenvalue weighted by Gasteiger charge is -2.10. The number of nitrogens with two attached hydrogens (primary N) is 1. The molecule has 2 aromatic rings. The predicted octanol–water partition coefficient (Wildman–Crippen LogP) is 2.91. The minimum atomic E-state index is 0.151. The van der Waals surface area contributed by atoms with E-state index < -0.39 is 0 Å². The summed E-state index contributed by atoms with van der Waals surface area (Å²) in [6, 6.07) is 7.90. The van der Waals surface area contributed by atoms with E-state index in [4.69, 9.17) is 15.0 Å². The van der Waals surface area contributed by atoms with Crippen molar-refractivity contribution < 1.29 is 9.26 Å². The highest BCUT2D eigenvalue weighted by Crippen LogP contribution is 2.27. The lowest BCUT2D eigenvalue weighted by molar-refractivity contribution is 0.248. The minimum absolute atomic E-state index is 0.151. The molecule has 0 spiro atoms. The summed E-state index contributed by atoms with van der Waals surface area (Å²) in [5.41, 5.74) is 6.95. The van der Waals surface area contributed by atoms with Crippen molar-refractivity contribution >= 4 is 15.9 Å². The van der Waals surface area contributed by atoms with Gasteiger partial charge in [0.05, 0.1) is 10.7 Å². The van der Waals surface area contributed by atoms with Gasteiger partial charge in [0.15, 0.2) is 5.76 Å². The molecule has 1 aromatic carbocycles. The van der Waals surface area contributed by atoms with Crippen LogP contribution in [-0.2, 0) is 13.0 Å². The Morgan fingerprint density at radius 1 is 1.44 bits per heavy atom. The van der Waals surface area contributed by atoms with Gasteiger partial charge < -0.3 is 15.0 Å². The van der Waals surface area contributed by atoms with Crippen LogP contribution in [0.1, 0.15) is 18.2 Å². The predicted molar refractivity (Wildman–Crippen MR) is 72.3 cm³/mol. The average Bonchev–Trinajstić information content (AvgIpc) is 2.80. The third-order valence-corrected chi connectivity index (χ3v) is 3.03. The van der Waals surface area contributed by atoms with E-state index in [9.17, 15) is 0 Å². The Morgan fingerprint density at radius 2 is 2.28 bits per heavy atom. The van der Waals surface area contributed by atoms with Gasteiger partial charge in [-0.05, 0) is 47.0 Å². The fraction of sp³-hybridized carbons (Fsp3) is 0.308. The van der Waals surface area contributed by atoms with Crippen LogP contribution in [0.3, 0.4) is 0 Å². The number of ether oxygens (including phenoxy) is 1. The molecule has 2 N–H and O–H groups in total. The van der Waals surface area contributed by atoms with Crippen molar-refractivity contribution in [2.45, 2.75) is 26.0 Å². The van der Waals surface area contributed by atoms with Gasteiger partial charge in [-0.25, -0.2) is 0 Å². The first-order valence-electron chi connectivity index (χ1n) is 5.71. The summed E-state index contributed by atoms with van der Waals surface area (Å²) in [4.78, 5) is 0. The van der Waals surface area contributed by atoms with Crippen LogP contribution in [0.2, 0.25) is 0 Å². The average molecular weight is 311 g/mol. The Bertz CT molecular complexity index is 498. The minimum Gasteiger partial charge on any atom is -0.484 e. The summed E-state index contributed by atoms with van der Waals surface area (Å²) in [7, 11) is 0. The molecule has 96 valence electrons. The zero-order valence-corrected chi connectivity index (χ0v) is 11.7. The molecule has 5 heteroatoms. The van der Waals surface area contributed by atoms with E-state index in [0.717, 1.165) is 16.6 Å². The molecule has 0 aliphatic carbocycles. The number of aromatic nitrogens is 1. The first-order chi connectivity index (χ1) is 8.65. The lowest BCUT2D eigenvalue weighted by Crippen LogP contribution is -2.17. The van der Waals surface area contributed by atoms with Gasteiger partial charge in [0, 0.05) is 12.1 Å². The molecule has 1 heterocycles. The second kappa shape index (κ2) is 6.02. The largest absolute Gasteiger partial charge is 0.484 e. The maximum atomic E-state index is 5.77. The number of halogens is 1. The molecule has 1 atom stereocenters. The summed E-state index contributed by atoms with van der Waals surface area (Å²) < 4.78 is 11.5. The molecule has 18 heavy (non-hydrogen) atoms. The van der Waals surface area contributed by atoms with Crippen LogP contribution in [0.15, 0.2) is 39.5 Å². The summed E-state index contributed by atoms with van der Waals surface area (Å²) in [5.74, 6) is 1.47. The van der Waals surface area contributed by atoms with Crippen molar-refractivity contribution in [3.8, 4) is 5.75 Å². The SMILES string of the molecule is CC(N)Cc1ccc(OCc2ccno2)c(Br)c1. The van der Waals surface area contributed by atoms with Gasteiger partial charge in [-0.2, -0.15) is 0 Å². The first kappa shape index (κ1) is 13.1. The van der Waals surface area contributed by atoms with E-state index in [-0.39, 0.29) is 6.04 Å². The Kier molecular flexibility index (Phi) is 4.38. The molecule has 0 bridgehead atoms. The van der Waals surface area contributed by atoms with Gasteiger partial charge in [0.25, 0.3) is 0 Å². The van der Waals surface area contributed by atoms with Crippen molar-refractivity contribution in [1.29, 1.82) is 0 Å². The molecule has 0 saturated heterocycles. The van der Waals surface area contributed by atoms with Crippen molar-refractivity contribution in [1.82, 2.24) is 5.16 Å². The fourth-order valence-electron chi connectivity index (χ4n) is 1.63. The molecular formula is C13H15BrN2O2. The summed E-state index contributed by atoms with van der Waals surface area (Å²) in [5, 5.41) is 3.62. The second-order valence-corrected chi connectivity index (χ2v) is 5.07. The molecule has 2 rings (SSSR count). The maximum absolute atomic E-state index is 5.77. The molecule has 1 unspecified atom stereocenters. The number of nitrogens with zero attached hydrogens (tertiary/aromatic N) is 1. The molecule has 1 aromatic heterocycles. The molecular weight excluding hydrogens is 296 g/mol. The zero-order valence-electron chi connectivity index (χ0n) is 10.1. The monoisotopic (exact) mass is 310 g/mol. The normalized spacial score (nSPS) is 12.4. The maximum Gasteiger partial charge on any atom is 0.174 e. The highest BCUT2D eigenvalue weighted by Gasteiger charge is 2.06. The van der Waals surface area contributed by atoms with Gasteiger partial charge in [0.2, 0.25) is 0 Å².